The Kier molecular flexibility index (Phi) is 8.22. The molecule has 29 heavy (non-hydrogen) atoms. The molecule has 0 bridgehead atoms. The first-order valence-electron chi connectivity index (χ1n) is 9.88. The van der Waals surface area contributed by atoms with E-state index in [4.69, 9.17) is 0 Å². The van der Waals surface area contributed by atoms with Gasteiger partial charge in [0.2, 0.25) is 10.0 Å². The summed E-state index contributed by atoms with van der Waals surface area (Å²) in [6, 6.07) is 15.2. The molecule has 0 saturated heterocycles. The molecule has 0 heterocycles. The van der Waals surface area contributed by atoms with Gasteiger partial charge in [-0.05, 0) is 51.0 Å². The van der Waals surface area contributed by atoms with E-state index >= 15 is 0 Å². The van der Waals surface area contributed by atoms with E-state index in [2.05, 4.69) is 40.7 Å². The van der Waals surface area contributed by atoms with Crippen LogP contribution in [0.15, 0.2) is 58.4 Å². The van der Waals surface area contributed by atoms with E-state index in [-0.39, 0.29) is 6.04 Å². The van der Waals surface area contributed by atoms with Crippen LogP contribution in [0.5, 0.6) is 0 Å². The highest BCUT2D eigenvalue weighted by molar-refractivity contribution is 7.89. The highest BCUT2D eigenvalue weighted by atomic mass is 32.2. The van der Waals surface area contributed by atoms with Crippen LogP contribution in [-0.2, 0) is 23.1 Å². The van der Waals surface area contributed by atoms with Crippen LogP contribution in [0.4, 0.5) is 0 Å². The Bertz CT molecular complexity index is 922. The highest BCUT2D eigenvalue weighted by Crippen LogP contribution is 2.17. The number of aryl methyl sites for hydroxylation is 1. The van der Waals surface area contributed by atoms with Crippen LogP contribution < -0.4 is 10.6 Å². The van der Waals surface area contributed by atoms with Crippen LogP contribution in [0.25, 0.3) is 0 Å². The molecule has 0 radical (unpaired) electrons. The fraction of sp³-hybridized carbons (Fsp3) is 0.409. The average Bonchev–Trinajstić information content (AvgIpc) is 2.69. The summed E-state index contributed by atoms with van der Waals surface area (Å²) >= 11 is 0. The lowest BCUT2D eigenvalue weighted by atomic mass is 10.1. The monoisotopic (exact) mass is 416 g/mol. The van der Waals surface area contributed by atoms with Crippen molar-refractivity contribution < 1.29 is 8.42 Å². The van der Waals surface area contributed by atoms with E-state index in [1.165, 1.54) is 9.87 Å². The van der Waals surface area contributed by atoms with Crippen LogP contribution >= 0.6 is 0 Å². The minimum atomic E-state index is -3.46. The van der Waals surface area contributed by atoms with Gasteiger partial charge in [-0.1, -0.05) is 42.0 Å². The lowest BCUT2D eigenvalue weighted by Gasteiger charge is -2.21. The molecular weight excluding hydrogens is 384 g/mol. The summed E-state index contributed by atoms with van der Waals surface area (Å²) in [5.74, 6) is 0.727. The van der Waals surface area contributed by atoms with Crippen molar-refractivity contribution in [1.29, 1.82) is 0 Å². The Balaban J connectivity index is 2.03. The van der Waals surface area contributed by atoms with Crippen LogP contribution in [0, 0.1) is 6.92 Å². The summed E-state index contributed by atoms with van der Waals surface area (Å²) in [4.78, 5) is 4.93. The number of guanidine groups is 1. The van der Waals surface area contributed by atoms with Crippen molar-refractivity contribution in [3.8, 4) is 0 Å². The lowest BCUT2D eigenvalue weighted by molar-refractivity contribution is 0.410. The Morgan fingerprint density at radius 2 is 1.76 bits per heavy atom. The number of sulfonamides is 1. The fourth-order valence-corrected chi connectivity index (χ4v) is 4.10. The normalized spacial score (nSPS) is 12.4. The molecule has 0 unspecified atom stereocenters. The number of aliphatic imine (C=N–C) groups is 1. The van der Waals surface area contributed by atoms with Gasteiger partial charge >= 0.3 is 0 Å². The molecule has 6 nitrogen and oxygen atoms in total. The summed E-state index contributed by atoms with van der Waals surface area (Å²) in [7, 11) is -1.86. The third kappa shape index (κ3) is 6.58. The summed E-state index contributed by atoms with van der Waals surface area (Å²) in [5.41, 5.74) is 3.36. The van der Waals surface area contributed by atoms with E-state index in [0.29, 0.717) is 18.0 Å². The number of hydrogen-bond acceptors (Lipinski definition) is 3. The first-order valence-corrected chi connectivity index (χ1v) is 11.3. The van der Waals surface area contributed by atoms with Gasteiger partial charge in [0, 0.05) is 26.2 Å². The summed E-state index contributed by atoms with van der Waals surface area (Å²) in [5, 5.41) is 6.54. The summed E-state index contributed by atoms with van der Waals surface area (Å²) in [6.45, 7) is 9.71. The van der Waals surface area contributed by atoms with Gasteiger partial charge in [-0.3, -0.25) is 0 Å². The smallest absolute Gasteiger partial charge is 0.243 e. The predicted molar refractivity (Wildman–Crippen MR) is 119 cm³/mol. The zero-order valence-electron chi connectivity index (χ0n) is 17.9. The molecule has 0 aliphatic heterocycles. The molecule has 0 aliphatic rings. The van der Waals surface area contributed by atoms with E-state index in [1.807, 2.05) is 39.0 Å². The summed E-state index contributed by atoms with van der Waals surface area (Å²) < 4.78 is 26.5. The van der Waals surface area contributed by atoms with Crippen LogP contribution in [0.2, 0.25) is 0 Å². The zero-order valence-corrected chi connectivity index (χ0v) is 18.8. The van der Waals surface area contributed by atoms with Crippen LogP contribution in [0.3, 0.4) is 0 Å². The number of nitrogens with one attached hydrogen (secondary N) is 2. The molecule has 0 spiro atoms. The molecule has 7 heteroatoms. The van der Waals surface area contributed by atoms with Gasteiger partial charge in [-0.2, -0.15) is 4.31 Å². The van der Waals surface area contributed by atoms with Crippen molar-refractivity contribution >= 4 is 16.0 Å². The van der Waals surface area contributed by atoms with Crippen molar-refractivity contribution in [2.45, 2.75) is 51.7 Å². The Morgan fingerprint density at radius 1 is 1.07 bits per heavy atom. The molecular formula is C22H32N4O2S. The van der Waals surface area contributed by atoms with E-state index < -0.39 is 10.0 Å². The minimum Gasteiger partial charge on any atom is -0.357 e. The molecule has 0 amide bonds. The van der Waals surface area contributed by atoms with Crippen molar-refractivity contribution in [1.82, 2.24) is 14.9 Å². The lowest BCUT2D eigenvalue weighted by Crippen LogP contribution is -2.36. The van der Waals surface area contributed by atoms with Gasteiger partial charge in [0.05, 0.1) is 11.4 Å². The topological polar surface area (TPSA) is 73.8 Å². The maximum Gasteiger partial charge on any atom is 0.243 e. The number of rotatable bonds is 8. The maximum absolute atomic E-state index is 12.6. The molecule has 2 N–H and O–H groups in total. The molecule has 0 aromatic heterocycles. The highest BCUT2D eigenvalue weighted by Gasteiger charge is 2.22. The van der Waals surface area contributed by atoms with Crippen molar-refractivity contribution in [2.75, 3.05) is 13.6 Å². The number of benzene rings is 2. The zero-order chi connectivity index (χ0) is 21.4. The van der Waals surface area contributed by atoms with Gasteiger partial charge in [-0.15, -0.1) is 0 Å². The Labute approximate surface area is 175 Å². The number of hydrogen-bond donors (Lipinski definition) is 2. The SMILES string of the molecule is CCNC(=NCc1cccc(C)c1)NCc1ccc(S(=O)(=O)N(C)C(C)C)cc1. The third-order valence-corrected chi connectivity index (χ3v) is 6.68. The van der Waals surface area contributed by atoms with Crippen molar-refractivity contribution in [3.05, 3.63) is 65.2 Å². The van der Waals surface area contributed by atoms with Gasteiger partial charge in [0.15, 0.2) is 5.96 Å². The van der Waals surface area contributed by atoms with Crippen molar-refractivity contribution in [3.63, 3.8) is 0 Å². The molecule has 158 valence electrons. The first kappa shape index (κ1) is 22.9. The third-order valence-electron chi connectivity index (χ3n) is 4.63. The van der Waals surface area contributed by atoms with E-state index in [0.717, 1.165) is 23.6 Å². The van der Waals surface area contributed by atoms with Crippen LogP contribution in [-0.4, -0.2) is 38.3 Å². The minimum absolute atomic E-state index is 0.0892. The maximum atomic E-state index is 12.6. The molecule has 0 saturated carbocycles. The van der Waals surface area contributed by atoms with Gasteiger partial charge in [0.25, 0.3) is 0 Å². The van der Waals surface area contributed by atoms with Crippen LogP contribution in [0.1, 0.15) is 37.5 Å². The molecule has 2 rings (SSSR count). The van der Waals surface area contributed by atoms with Gasteiger partial charge in [-0.25, -0.2) is 13.4 Å². The molecule has 2 aromatic carbocycles. The summed E-state index contributed by atoms with van der Waals surface area (Å²) in [6.07, 6.45) is 0. The standard InChI is InChI=1S/C22H32N4O2S/c1-6-23-22(25-16-20-9-7-8-18(4)14-20)24-15-19-10-12-21(13-11-19)29(27,28)26(5)17(2)3/h7-14,17H,6,15-16H2,1-5H3,(H2,23,24,25). The second-order valence-corrected chi connectivity index (χ2v) is 9.29. The van der Waals surface area contributed by atoms with Gasteiger partial charge < -0.3 is 10.6 Å². The molecule has 2 aromatic rings. The van der Waals surface area contributed by atoms with Crippen molar-refractivity contribution in [2.24, 2.45) is 4.99 Å². The van der Waals surface area contributed by atoms with E-state index in [9.17, 15) is 8.42 Å². The second-order valence-electron chi connectivity index (χ2n) is 7.30. The Morgan fingerprint density at radius 3 is 2.34 bits per heavy atom. The quantitative estimate of drug-likeness (QED) is 0.512. The molecule has 0 fully saturated rings. The molecule has 0 aliphatic carbocycles. The average molecular weight is 417 g/mol. The Hall–Kier alpha value is -2.38. The number of nitrogens with zero attached hydrogens (tertiary/aromatic N) is 2. The second kappa shape index (κ2) is 10.4. The first-order chi connectivity index (χ1) is 13.7. The van der Waals surface area contributed by atoms with Gasteiger partial charge in [0.1, 0.15) is 0 Å². The van der Waals surface area contributed by atoms with E-state index in [1.54, 1.807) is 19.2 Å². The predicted octanol–water partition coefficient (Wildman–Crippen LogP) is 3.28. The molecule has 0 atom stereocenters. The largest absolute Gasteiger partial charge is 0.357 e. The fourth-order valence-electron chi connectivity index (χ4n) is 2.73.